The fraction of sp³-hybridized carbons (Fsp3) is 0.357. The number of aromatic nitrogens is 1. The van der Waals surface area contributed by atoms with E-state index in [1.165, 1.54) is 0 Å². The Kier molecular flexibility index (Phi) is 4.25. The van der Waals surface area contributed by atoms with E-state index in [0.29, 0.717) is 0 Å². The van der Waals surface area contributed by atoms with Crippen LogP contribution in [-0.2, 0) is 11.2 Å². The van der Waals surface area contributed by atoms with Crippen molar-refractivity contribution in [1.82, 2.24) is 10.4 Å². The number of nitrogens with two attached hydrogens (primary N) is 1. The molecule has 0 radical (unpaired) electrons. The first-order chi connectivity index (χ1) is 8.74. The Morgan fingerprint density at radius 1 is 1.28 bits per heavy atom. The van der Waals surface area contributed by atoms with E-state index >= 15 is 0 Å². The molecule has 0 spiro atoms. The van der Waals surface area contributed by atoms with Gasteiger partial charge in [0.15, 0.2) is 0 Å². The van der Waals surface area contributed by atoms with E-state index in [1.54, 1.807) is 7.11 Å². The summed E-state index contributed by atoms with van der Waals surface area (Å²) in [7, 11) is 1.68. The maximum Gasteiger partial charge on any atom is 0.0713 e. The lowest BCUT2D eigenvalue weighted by atomic mass is 10.1. The van der Waals surface area contributed by atoms with Crippen LogP contribution < -0.4 is 11.3 Å². The summed E-state index contributed by atoms with van der Waals surface area (Å²) >= 11 is 0. The molecule has 1 heterocycles. The molecule has 0 saturated carbocycles. The Hall–Kier alpha value is -1.49. The standard InChI is InChI=1S/C14H19N3O/c1-10(18-2)14(17-15)9-12-8-7-11-5-3-4-6-13(11)16-12/h3-8,10,14,17H,9,15H2,1-2H3. The number of fused-ring (bicyclic) bond motifs is 1. The Morgan fingerprint density at radius 3 is 2.78 bits per heavy atom. The van der Waals surface area contributed by atoms with E-state index in [4.69, 9.17) is 10.6 Å². The molecule has 0 amide bonds. The van der Waals surface area contributed by atoms with Crippen molar-refractivity contribution in [3.05, 3.63) is 42.1 Å². The van der Waals surface area contributed by atoms with Gasteiger partial charge in [-0.05, 0) is 19.1 Å². The number of ether oxygens (including phenoxy) is 1. The SMILES string of the molecule is COC(C)C(Cc1ccc2ccccc2n1)NN. The average molecular weight is 245 g/mol. The lowest BCUT2D eigenvalue weighted by Gasteiger charge is -2.21. The molecule has 2 atom stereocenters. The van der Waals surface area contributed by atoms with Crippen molar-refractivity contribution in [2.24, 2.45) is 5.84 Å². The quantitative estimate of drug-likeness (QED) is 0.621. The second-order valence-corrected chi connectivity index (χ2v) is 4.41. The van der Waals surface area contributed by atoms with Crippen LogP contribution in [0.1, 0.15) is 12.6 Å². The molecule has 2 rings (SSSR count). The summed E-state index contributed by atoms with van der Waals surface area (Å²) in [4.78, 5) is 4.63. The predicted octanol–water partition coefficient (Wildman–Crippen LogP) is 1.64. The number of rotatable bonds is 5. The van der Waals surface area contributed by atoms with Gasteiger partial charge < -0.3 is 4.74 Å². The molecule has 3 N–H and O–H groups in total. The summed E-state index contributed by atoms with van der Waals surface area (Å²) in [5.41, 5.74) is 4.81. The Morgan fingerprint density at radius 2 is 2.06 bits per heavy atom. The molecule has 0 aliphatic heterocycles. The summed E-state index contributed by atoms with van der Waals surface area (Å²) in [6.45, 7) is 1.99. The molecule has 4 heteroatoms. The monoisotopic (exact) mass is 245 g/mol. The number of nitrogens with zero attached hydrogens (tertiary/aromatic N) is 1. The number of nitrogens with one attached hydrogen (secondary N) is 1. The van der Waals surface area contributed by atoms with Gasteiger partial charge in [0.05, 0.1) is 17.7 Å². The fourth-order valence-corrected chi connectivity index (χ4v) is 1.97. The lowest BCUT2D eigenvalue weighted by molar-refractivity contribution is 0.0828. The normalized spacial score (nSPS) is 14.6. The molecule has 0 aliphatic carbocycles. The van der Waals surface area contributed by atoms with Gasteiger partial charge in [0.1, 0.15) is 0 Å². The molecule has 0 fully saturated rings. The maximum absolute atomic E-state index is 5.55. The van der Waals surface area contributed by atoms with E-state index in [0.717, 1.165) is 23.0 Å². The number of hydrazine groups is 1. The first kappa shape index (κ1) is 13.0. The summed E-state index contributed by atoms with van der Waals surface area (Å²) in [5, 5.41) is 1.15. The number of pyridine rings is 1. The van der Waals surface area contributed by atoms with E-state index in [-0.39, 0.29) is 12.1 Å². The number of hydrogen-bond donors (Lipinski definition) is 2. The van der Waals surface area contributed by atoms with E-state index < -0.39 is 0 Å². The van der Waals surface area contributed by atoms with Gasteiger partial charge in [-0.3, -0.25) is 16.3 Å². The molecule has 2 unspecified atom stereocenters. The highest BCUT2D eigenvalue weighted by atomic mass is 16.5. The summed E-state index contributed by atoms with van der Waals surface area (Å²) in [5.74, 6) is 5.55. The van der Waals surface area contributed by atoms with Gasteiger partial charge in [-0.15, -0.1) is 0 Å². The van der Waals surface area contributed by atoms with Crippen LogP contribution >= 0.6 is 0 Å². The zero-order valence-corrected chi connectivity index (χ0v) is 10.8. The van der Waals surface area contributed by atoms with Crippen LogP contribution in [-0.4, -0.2) is 24.2 Å². The van der Waals surface area contributed by atoms with E-state index in [9.17, 15) is 0 Å². The van der Waals surface area contributed by atoms with Gasteiger partial charge >= 0.3 is 0 Å². The van der Waals surface area contributed by atoms with Crippen LogP contribution in [0, 0.1) is 0 Å². The highest BCUT2D eigenvalue weighted by Crippen LogP contribution is 2.13. The van der Waals surface area contributed by atoms with Crippen LogP contribution in [0.2, 0.25) is 0 Å². The van der Waals surface area contributed by atoms with Gasteiger partial charge in [0.2, 0.25) is 0 Å². The molecular formula is C14H19N3O. The Bertz CT molecular complexity index is 515. The van der Waals surface area contributed by atoms with Crippen molar-refractivity contribution in [2.75, 3.05) is 7.11 Å². The number of para-hydroxylation sites is 1. The second-order valence-electron chi connectivity index (χ2n) is 4.41. The van der Waals surface area contributed by atoms with Crippen molar-refractivity contribution >= 4 is 10.9 Å². The molecule has 0 aliphatic rings. The van der Waals surface area contributed by atoms with Gasteiger partial charge in [0.25, 0.3) is 0 Å². The molecular weight excluding hydrogens is 226 g/mol. The van der Waals surface area contributed by atoms with E-state index in [1.807, 2.05) is 31.2 Å². The van der Waals surface area contributed by atoms with Crippen molar-refractivity contribution in [2.45, 2.75) is 25.5 Å². The highest BCUT2D eigenvalue weighted by molar-refractivity contribution is 5.78. The Labute approximate surface area is 107 Å². The molecule has 0 bridgehead atoms. The van der Waals surface area contributed by atoms with Crippen LogP contribution in [0.25, 0.3) is 10.9 Å². The first-order valence-corrected chi connectivity index (χ1v) is 6.08. The van der Waals surface area contributed by atoms with Gasteiger partial charge in [-0.1, -0.05) is 24.3 Å². The van der Waals surface area contributed by atoms with Gasteiger partial charge in [0, 0.05) is 24.6 Å². The third kappa shape index (κ3) is 2.85. The van der Waals surface area contributed by atoms with Crippen molar-refractivity contribution < 1.29 is 4.74 Å². The highest BCUT2D eigenvalue weighted by Gasteiger charge is 2.16. The Balaban J connectivity index is 2.20. The first-order valence-electron chi connectivity index (χ1n) is 6.08. The van der Waals surface area contributed by atoms with Crippen LogP contribution in [0.15, 0.2) is 36.4 Å². The molecule has 4 nitrogen and oxygen atoms in total. The van der Waals surface area contributed by atoms with Crippen molar-refractivity contribution in [3.8, 4) is 0 Å². The van der Waals surface area contributed by atoms with Crippen molar-refractivity contribution in [1.29, 1.82) is 0 Å². The molecule has 18 heavy (non-hydrogen) atoms. The van der Waals surface area contributed by atoms with Crippen molar-refractivity contribution in [3.63, 3.8) is 0 Å². The molecule has 96 valence electrons. The molecule has 1 aromatic carbocycles. The number of benzene rings is 1. The van der Waals surface area contributed by atoms with Crippen LogP contribution in [0.4, 0.5) is 0 Å². The summed E-state index contributed by atoms with van der Waals surface area (Å²) in [6, 6.07) is 12.3. The average Bonchev–Trinajstić information content (AvgIpc) is 2.43. The molecule has 2 aromatic rings. The fourth-order valence-electron chi connectivity index (χ4n) is 1.97. The minimum absolute atomic E-state index is 0.0447. The third-order valence-electron chi connectivity index (χ3n) is 3.24. The summed E-state index contributed by atoms with van der Waals surface area (Å²) < 4.78 is 5.29. The predicted molar refractivity (Wildman–Crippen MR) is 73.0 cm³/mol. The topological polar surface area (TPSA) is 60.2 Å². The lowest BCUT2D eigenvalue weighted by Crippen LogP contribution is -2.45. The second kappa shape index (κ2) is 5.91. The van der Waals surface area contributed by atoms with E-state index in [2.05, 4.69) is 22.5 Å². The van der Waals surface area contributed by atoms with Gasteiger partial charge in [-0.25, -0.2) is 0 Å². The third-order valence-corrected chi connectivity index (χ3v) is 3.24. The minimum Gasteiger partial charge on any atom is -0.380 e. The molecule has 1 aromatic heterocycles. The molecule has 0 saturated heterocycles. The van der Waals surface area contributed by atoms with Gasteiger partial charge in [-0.2, -0.15) is 0 Å². The van der Waals surface area contributed by atoms with Crippen LogP contribution in [0.3, 0.4) is 0 Å². The number of methoxy groups -OCH3 is 1. The van der Waals surface area contributed by atoms with Crippen LogP contribution in [0.5, 0.6) is 0 Å². The zero-order valence-electron chi connectivity index (χ0n) is 10.8. The summed E-state index contributed by atoms with van der Waals surface area (Å²) in [6.07, 6.45) is 0.791. The smallest absolute Gasteiger partial charge is 0.0713 e. The maximum atomic E-state index is 5.55. The minimum atomic E-state index is 0.0447. The zero-order chi connectivity index (χ0) is 13.0. The largest absolute Gasteiger partial charge is 0.380 e. The number of hydrogen-bond acceptors (Lipinski definition) is 4.